The van der Waals surface area contributed by atoms with Gasteiger partial charge in [0.05, 0.1) is 14.2 Å². The molecular weight excluding hydrogens is 548 g/mol. The number of carbonyl (C=O) groups excluding carboxylic acids is 2. The lowest BCUT2D eigenvalue weighted by atomic mass is 9.89. The van der Waals surface area contributed by atoms with Crippen molar-refractivity contribution in [3.63, 3.8) is 0 Å². The van der Waals surface area contributed by atoms with E-state index >= 15 is 0 Å². The summed E-state index contributed by atoms with van der Waals surface area (Å²) in [6.07, 6.45) is 3.82. The summed E-state index contributed by atoms with van der Waals surface area (Å²) in [5, 5.41) is 15.9. The monoisotopic (exact) mass is 586 g/mol. The van der Waals surface area contributed by atoms with Crippen LogP contribution in [0.1, 0.15) is 62.3 Å². The number of furan rings is 1. The van der Waals surface area contributed by atoms with Crippen molar-refractivity contribution in [3.05, 3.63) is 71.2 Å². The molecule has 4 aromatic rings. The van der Waals surface area contributed by atoms with Crippen LogP contribution in [-0.4, -0.2) is 51.8 Å². The van der Waals surface area contributed by atoms with Crippen molar-refractivity contribution in [3.8, 4) is 22.9 Å². The highest BCUT2D eigenvalue weighted by atomic mass is 16.5. The summed E-state index contributed by atoms with van der Waals surface area (Å²) in [4.78, 5) is 31.1. The molecular formula is C32H38N6O5. The van der Waals surface area contributed by atoms with E-state index in [0.29, 0.717) is 40.1 Å². The molecule has 0 aliphatic heterocycles. The smallest absolute Gasteiger partial charge is 0.251 e. The van der Waals surface area contributed by atoms with E-state index in [1.807, 2.05) is 39.8 Å². The molecule has 0 unspecified atom stereocenters. The van der Waals surface area contributed by atoms with Crippen molar-refractivity contribution in [2.45, 2.75) is 71.5 Å². The first-order valence-electron chi connectivity index (χ1n) is 14.4. The molecule has 0 spiro atoms. The van der Waals surface area contributed by atoms with Gasteiger partial charge in [0.25, 0.3) is 11.8 Å². The van der Waals surface area contributed by atoms with E-state index in [4.69, 9.17) is 13.9 Å². The highest BCUT2D eigenvalue weighted by Crippen LogP contribution is 2.37. The molecule has 1 atom stereocenters. The zero-order chi connectivity index (χ0) is 30.7. The third kappa shape index (κ3) is 6.55. The normalized spacial score (nSPS) is 13.6. The fourth-order valence-corrected chi connectivity index (χ4v) is 5.41. The van der Waals surface area contributed by atoms with Crippen LogP contribution in [0.3, 0.4) is 0 Å². The van der Waals surface area contributed by atoms with Gasteiger partial charge in [0, 0.05) is 16.8 Å². The molecule has 2 heterocycles. The van der Waals surface area contributed by atoms with Crippen molar-refractivity contribution < 1.29 is 23.5 Å². The second-order valence-corrected chi connectivity index (χ2v) is 11.7. The van der Waals surface area contributed by atoms with E-state index in [2.05, 4.69) is 26.8 Å². The Morgan fingerprint density at radius 2 is 1.81 bits per heavy atom. The molecule has 226 valence electrons. The van der Waals surface area contributed by atoms with Gasteiger partial charge in [0.15, 0.2) is 17.5 Å². The number of aryl methyl sites for hydroxylation is 2. The summed E-state index contributed by atoms with van der Waals surface area (Å²) >= 11 is 0. The van der Waals surface area contributed by atoms with Crippen LogP contribution in [0, 0.1) is 6.92 Å². The van der Waals surface area contributed by atoms with E-state index in [9.17, 15) is 9.59 Å². The van der Waals surface area contributed by atoms with Gasteiger partial charge in [-0.2, -0.15) is 4.80 Å². The van der Waals surface area contributed by atoms with Crippen LogP contribution in [0.25, 0.3) is 11.4 Å². The Kier molecular flexibility index (Phi) is 8.52. The fourth-order valence-electron chi connectivity index (χ4n) is 5.41. The molecule has 0 saturated carbocycles. The first kappa shape index (κ1) is 29.8. The van der Waals surface area contributed by atoms with Crippen molar-refractivity contribution in [1.82, 2.24) is 25.5 Å². The number of tetrazole rings is 1. The third-order valence-corrected chi connectivity index (χ3v) is 7.31. The number of hydrogen-bond donors (Lipinski definition) is 1. The minimum Gasteiger partial charge on any atom is -0.493 e. The number of methoxy groups -OCH3 is 2. The van der Waals surface area contributed by atoms with E-state index in [1.165, 1.54) is 10.4 Å². The Labute approximate surface area is 251 Å². The van der Waals surface area contributed by atoms with E-state index in [0.717, 1.165) is 31.2 Å². The van der Waals surface area contributed by atoms with E-state index in [-0.39, 0.29) is 18.4 Å². The SMILES string of the molecule is COc1ccc(-c2nnn(CC(=O)N(c3cccc4c3CCCC4)[C@@H](C(=O)NC(C)(C)C)c3ccc(C)o3)n2)cc1OC. The van der Waals surface area contributed by atoms with Crippen LogP contribution >= 0.6 is 0 Å². The van der Waals surface area contributed by atoms with Gasteiger partial charge in [-0.25, -0.2) is 0 Å². The number of nitrogens with zero attached hydrogens (tertiary/aromatic N) is 5. The van der Waals surface area contributed by atoms with Crippen LogP contribution in [0.5, 0.6) is 11.5 Å². The highest BCUT2D eigenvalue weighted by Gasteiger charge is 2.38. The van der Waals surface area contributed by atoms with Crippen LogP contribution in [0.2, 0.25) is 0 Å². The Hall–Kier alpha value is -4.67. The number of amides is 2. The van der Waals surface area contributed by atoms with Crippen LogP contribution < -0.4 is 19.7 Å². The molecule has 0 bridgehead atoms. The molecule has 1 aliphatic rings. The second-order valence-electron chi connectivity index (χ2n) is 11.7. The first-order valence-corrected chi connectivity index (χ1v) is 14.4. The Balaban J connectivity index is 1.55. The molecule has 2 aromatic heterocycles. The van der Waals surface area contributed by atoms with Gasteiger partial charge in [-0.1, -0.05) is 12.1 Å². The van der Waals surface area contributed by atoms with Gasteiger partial charge in [-0.05, 0) is 106 Å². The Morgan fingerprint density at radius 1 is 1.05 bits per heavy atom. The summed E-state index contributed by atoms with van der Waals surface area (Å²) in [6.45, 7) is 7.28. The lowest BCUT2D eigenvalue weighted by Crippen LogP contribution is -2.50. The van der Waals surface area contributed by atoms with Gasteiger partial charge in [-0.3, -0.25) is 14.5 Å². The van der Waals surface area contributed by atoms with E-state index in [1.54, 1.807) is 49.5 Å². The number of aromatic nitrogens is 4. The van der Waals surface area contributed by atoms with Gasteiger partial charge >= 0.3 is 0 Å². The quantitative estimate of drug-likeness (QED) is 0.296. The third-order valence-electron chi connectivity index (χ3n) is 7.31. The standard InChI is InChI=1S/C32H38N6O5/c1-20-14-16-26(43-20)29(31(40)33-32(2,3)4)38(24-13-9-11-21-10-7-8-12-23(21)24)28(39)19-37-35-30(34-36-37)22-15-17-25(41-5)27(18-22)42-6/h9,11,13-18,29H,7-8,10,12,19H2,1-6H3,(H,33,40)/t29-/m1/s1. The molecule has 0 saturated heterocycles. The van der Waals surface area contributed by atoms with Crippen molar-refractivity contribution in [1.29, 1.82) is 0 Å². The second kappa shape index (κ2) is 12.3. The minimum absolute atomic E-state index is 0.247. The zero-order valence-corrected chi connectivity index (χ0v) is 25.5. The average molecular weight is 587 g/mol. The Bertz CT molecular complexity index is 1620. The molecule has 43 heavy (non-hydrogen) atoms. The molecule has 11 nitrogen and oxygen atoms in total. The van der Waals surface area contributed by atoms with Crippen molar-refractivity contribution in [2.75, 3.05) is 19.1 Å². The van der Waals surface area contributed by atoms with Crippen LogP contribution in [0.4, 0.5) is 5.69 Å². The minimum atomic E-state index is -1.05. The van der Waals surface area contributed by atoms with Crippen LogP contribution in [0.15, 0.2) is 52.9 Å². The number of anilines is 1. The zero-order valence-electron chi connectivity index (χ0n) is 25.5. The molecule has 2 aromatic carbocycles. The molecule has 5 rings (SSSR count). The molecule has 1 N–H and O–H groups in total. The maximum Gasteiger partial charge on any atom is 0.251 e. The van der Waals surface area contributed by atoms with Gasteiger partial charge < -0.3 is 19.2 Å². The number of nitrogens with one attached hydrogen (secondary N) is 1. The number of rotatable bonds is 9. The molecule has 0 fully saturated rings. The van der Waals surface area contributed by atoms with E-state index < -0.39 is 11.6 Å². The summed E-state index contributed by atoms with van der Waals surface area (Å²) < 4.78 is 16.7. The number of hydrogen-bond acceptors (Lipinski definition) is 8. The first-order chi connectivity index (χ1) is 20.6. The lowest BCUT2D eigenvalue weighted by molar-refractivity contribution is -0.128. The summed E-state index contributed by atoms with van der Waals surface area (Å²) in [6, 6.07) is 13.7. The molecule has 0 radical (unpaired) electrons. The fraction of sp³-hybridized carbons (Fsp3) is 0.406. The largest absolute Gasteiger partial charge is 0.493 e. The number of benzene rings is 2. The summed E-state index contributed by atoms with van der Waals surface area (Å²) in [5.74, 6) is 1.71. The number of ether oxygens (including phenoxy) is 2. The average Bonchev–Trinajstić information content (AvgIpc) is 3.63. The van der Waals surface area contributed by atoms with Crippen molar-refractivity contribution >= 4 is 17.5 Å². The van der Waals surface area contributed by atoms with Crippen molar-refractivity contribution in [2.24, 2.45) is 0 Å². The molecule has 1 aliphatic carbocycles. The highest BCUT2D eigenvalue weighted by molar-refractivity contribution is 6.01. The Morgan fingerprint density at radius 3 is 2.51 bits per heavy atom. The molecule has 11 heteroatoms. The molecule has 2 amide bonds. The summed E-state index contributed by atoms with van der Waals surface area (Å²) in [5.41, 5.74) is 3.05. The van der Waals surface area contributed by atoms with Crippen LogP contribution in [-0.2, 0) is 29.0 Å². The predicted octanol–water partition coefficient (Wildman–Crippen LogP) is 4.83. The van der Waals surface area contributed by atoms with Gasteiger partial charge in [0.2, 0.25) is 5.82 Å². The van der Waals surface area contributed by atoms with Gasteiger partial charge in [0.1, 0.15) is 18.1 Å². The number of fused-ring (bicyclic) bond motifs is 1. The maximum atomic E-state index is 14.4. The topological polar surface area (TPSA) is 125 Å². The number of carbonyl (C=O) groups is 2. The van der Waals surface area contributed by atoms with Gasteiger partial charge in [-0.15, -0.1) is 10.2 Å². The summed E-state index contributed by atoms with van der Waals surface area (Å²) in [7, 11) is 3.11. The predicted molar refractivity (Wildman–Crippen MR) is 161 cm³/mol. The maximum absolute atomic E-state index is 14.4. The lowest BCUT2D eigenvalue weighted by Gasteiger charge is -2.34.